The van der Waals surface area contributed by atoms with E-state index in [1.54, 1.807) is 19.1 Å². The number of nitriles is 1. The van der Waals surface area contributed by atoms with Crippen LogP contribution >= 0.6 is 12.6 Å². The van der Waals surface area contributed by atoms with Gasteiger partial charge in [0.1, 0.15) is 11.8 Å². The van der Waals surface area contributed by atoms with Crippen LogP contribution in [0.4, 0.5) is 0 Å². The first-order chi connectivity index (χ1) is 8.12. The smallest absolute Gasteiger partial charge is 0.310 e. The average Bonchev–Trinajstić information content (AvgIpc) is 2.28. The van der Waals surface area contributed by atoms with Crippen LogP contribution in [-0.2, 0) is 16.0 Å². The van der Waals surface area contributed by atoms with Crippen molar-refractivity contribution in [3.05, 3.63) is 23.3 Å². The molecule has 0 bridgehead atoms. The zero-order valence-electron chi connectivity index (χ0n) is 9.69. The minimum Gasteiger partial charge on any atom is -0.497 e. The van der Waals surface area contributed by atoms with Gasteiger partial charge in [-0.1, -0.05) is 0 Å². The van der Waals surface area contributed by atoms with Gasteiger partial charge in [0.25, 0.3) is 0 Å². The van der Waals surface area contributed by atoms with Crippen LogP contribution in [0, 0.1) is 11.3 Å². The standard InChI is InChI=1S/C12H13NO3S/c1-3-16-12(14)5-8-4-9(15-2)6-11(17)10(8)7-13/h4,6,17H,3,5H2,1-2H3. The van der Waals surface area contributed by atoms with Gasteiger partial charge in [-0.3, -0.25) is 4.79 Å². The lowest BCUT2D eigenvalue weighted by molar-refractivity contribution is -0.142. The van der Waals surface area contributed by atoms with Gasteiger partial charge in [-0.15, -0.1) is 12.6 Å². The Morgan fingerprint density at radius 3 is 2.76 bits per heavy atom. The maximum absolute atomic E-state index is 11.4. The highest BCUT2D eigenvalue weighted by Crippen LogP contribution is 2.25. The van der Waals surface area contributed by atoms with Gasteiger partial charge in [-0.05, 0) is 24.6 Å². The number of thiol groups is 1. The molecule has 0 amide bonds. The topological polar surface area (TPSA) is 59.3 Å². The largest absolute Gasteiger partial charge is 0.497 e. The predicted molar refractivity (Wildman–Crippen MR) is 65.3 cm³/mol. The summed E-state index contributed by atoms with van der Waals surface area (Å²) >= 11 is 4.19. The molecule has 5 heteroatoms. The lowest BCUT2D eigenvalue weighted by Gasteiger charge is -2.09. The Morgan fingerprint density at radius 2 is 2.24 bits per heavy atom. The summed E-state index contributed by atoms with van der Waals surface area (Å²) in [6, 6.07) is 5.31. The number of ether oxygens (including phenoxy) is 2. The summed E-state index contributed by atoms with van der Waals surface area (Å²) in [5.41, 5.74) is 0.942. The molecule has 90 valence electrons. The van der Waals surface area contributed by atoms with Crippen LogP contribution < -0.4 is 4.74 Å². The molecule has 0 radical (unpaired) electrons. The molecular weight excluding hydrogens is 238 g/mol. The quantitative estimate of drug-likeness (QED) is 0.656. The monoisotopic (exact) mass is 251 g/mol. The number of esters is 1. The van der Waals surface area contributed by atoms with E-state index in [9.17, 15) is 4.79 Å². The van der Waals surface area contributed by atoms with Crippen molar-refractivity contribution in [3.63, 3.8) is 0 Å². The third-order valence-electron chi connectivity index (χ3n) is 2.16. The van der Waals surface area contributed by atoms with E-state index in [1.165, 1.54) is 7.11 Å². The maximum atomic E-state index is 11.4. The zero-order chi connectivity index (χ0) is 12.8. The summed E-state index contributed by atoms with van der Waals surface area (Å²) in [7, 11) is 1.52. The molecule has 1 aromatic carbocycles. The second-order valence-corrected chi connectivity index (χ2v) is 3.76. The second kappa shape index (κ2) is 6.16. The van der Waals surface area contributed by atoms with Crippen molar-refractivity contribution in [1.82, 2.24) is 0 Å². The molecule has 0 spiro atoms. The first-order valence-electron chi connectivity index (χ1n) is 5.08. The van der Waals surface area contributed by atoms with Crippen LogP contribution in [0.15, 0.2) is 17.0 Å². The van der Waals surface area contributed by atoms with Crippen molar-refractivity contribution in [1.29, 1.82) is 5.26 Å². The third-order valence-corrected chi connectivity index (χ3v) is 2.51. The lowest BCUT2D eigenvalue weighted by Crippen LogP contribution is -2.09. The molecule has 0 unspecified atom stereocenters. The molecule has 0 heterocycles. The van der Waals surface area contributed by atoms with Crippen molar-refractivity contribution in [2.24, 2.45) is 0 Å². The zero-order valence-corrected chi connectivity index (χ0v) is 10.6. The second-order valence-electron chi connectivity index (χ2n) is 3.27. The highest BCUT2D eigenvalue weighted by atomic mass is 32.1. The summed E-state index contributed by atoms with van der Waals surface area (Å²) in [6.45, 7) is 2.05. The van der Waals surface area contributed by atoms with Crippen molar-refractivity contribution in [3.8, 4) is 11.8 Å². The highest BCUT2D eigenvalue weighted by Gasteiger charge is 2.13. The van der Waals surface area contributed by atoms with Gasteiger partial charge in [0.15, 0.2) is 0 Å². The van der Waals surface area contributed by atoms with E-state index in [2.05, 4.69) is 12.6 Å². The molecule has 0 aliphatic carbocycles. The molecule has 0 aromatic heterocycles. The summed E-state index contributed by atoms with van der Waals surface area (Å²) in [5, 5.41) is 9.01. The predicted octanol–water partition coefficient (Wildman–Crippen LogP) is 1.96. The van der Waals surface area contributed by atoms with Gasteiger partial charge in [0, 0.05) is 4.90 Å². The van der Waals surface area contributed by atoms with Crippen LogP contribution in [0.5, 0.6) is 5.75 Å². The fourth-order valence-electron chi connectivity index (χ4n) is 1.41. The highest BCUT2D eigenvalue weighted by molar-refractivity contribution is 7.80. The van der Waals surface area contributed by atoms with Crippen molar-refractivity contribution < 1.29 is 14.3 Å². The molecule has 1 aromatic rings. The minimum absolute atomic E-state index is 0.0431. The van der Waals surface area contributed by atoms with Gasteiger partial charge >= 0.3 is 5.97 Å². The summed E-state index contributed by atoms with van der Waals surface area (Å²) in [6.07, 6.45) is 0.0431. The van der Waals surface area contributed by atoms with Crippen LogP contribution in [0.3, 0.4) is 0 Å². The van der Waals surface area contributed by atoms with Crippen LogP contribution in [0.2, 0.25) is 0 Å². The Bertz CT molecular complexity index is 466. The molecule has 0 N–H and O–H groups in total. The van der Waals surface area contributed by atoms with E-state index in [-0.39, 0.29) is 12.4 Å². The van der Waals surface area contributed by atoms with E-state index in [0.29, 0.717) is 28.4 Å². The molecular formula is C12H13NO3S. The fourth-order valence-corrected chi connectivity index (χ4v) is 1.73. The number of carbonyl (C=O) groups excluding carboxylic acids is 1. The van der Waals surface area contributed by atoms with Gasteiger partial charge in [0.2, 0.25) is 0 Å². The summed E-state index contributed by atoms with van der Waals surface area (Å²) in [4.78, 5) is 11.9. The van der Waals surface area contributed by atoms with Gasteiger partial charge in [-0.2, -0.15) is 5.26 Å². The first-order valence-corrected chi connectivity index (χ1v) is 5.52. The summed E-state index contributed by atoms with van der Waals surface area (Å²) in [5.74, 6) is 0.193. The van der Waals surface area contributed by atoms with Gasteiger partial charge in [0.05, 0.1) is 25.7 Å². The number of rotatable bonds is 4. The number of nitrogens with zero attached hydrogens (tertiary/aromatic N) is 1. The maximum Gasteiger partial charge on any atom is 0.310 e. The van der Waals surface area contributed by atoms with E-state index in [1.807, 2.05) is 6.07 Å². The Kier molecular flexibility index (Phi) is 4.85. The molecule has 1 rings (SSSR count). The van der Waals surface area contributed by atoms with Crippen molar-refractivity contribution >= 4 is 18.6 Å². The average molecular weight is 251 g/mol. The van der Waals surface area contributed by atoms with Crippen molar-refractivity contribution in [2.75, 3.05) is 13.7 Å². The minimum atomic E-state index is -0.370. The Balaban J connectivity index is 3.08. The van der Waals surface area contributed by atoms with Crippen LogP contribution in [-0.4, -0.2) is 19.7 Å². The molecule has 0 fully saturated rings. The van der Waals surface area contributed by atoms with Crippen LogP contribution in [0.25, 0.3) is 0 Å². The SMILES string of the molecule is CCOC(=O)Cc1cc(OC)cc(S)c1C#N. The lowest BCUT2D eigenvalue weighted by atomic mass is 10.0. The van der Waals surface area contributed by atoms with E-state index < -0.39 is 0 Å². The van der Waals surface area contributed by atoms with E-state index in [0.717, 1.165) is 0 Å². The molecule has 0 atom stereocenters. The summed E-state index contributed by atoms with van der Waals surface area (Å²) < 4.78 is 9.91. The third kappa shape index (κ3) is 3.40. The van der Waals surface area contributed by atoms with Crippen LogP contribution in [0.1, 0.15) is 18.1 Å². The van der Waals surface area contributed by atoms with Gasteiger partial charge in [-0.25, -0.2) is 0 Å². The Morgan fingerprint density at radius 1 is 1.53 bits per heavy atom. The van der Waals surface area contributed by atoms with Crippen molar-refractivity contribution in [2.45, 2.75) is 18.2 Å². The molecule has 0 aliphatic rings. The number of hydrogen-bond acceptors (Lipinski definition) is 5. The number of hydrogen-bond donors (Lipinski definition) is 1. The van der Waals surface area contributed by atoms with Gasteiger partial charge < -0.3 is 9.47 Å². The van der Waals surface area contributed by atoms with E-state index in [4.69, 9.17) is 14.7 Å². The fraction of sp³-hybridized carbons (Fsp3) is 0.333. The molecule has 0 saturated heterocycles. The number of methoxy groups -OCH3 is 1. The Labute approximate surface area is 106 Å². The molecule has 4 nitrogen and oxygen atoms in total. The number of benzene rings is 1. The Hall–Kier alpha value is -1.67. The van der Waals surface area contributed by atoms with E-state index >= 15 is 0 Å². The number of carbonyl (C=O) groups is 1. The molecule has 0 aliphatic heterocycles. The molecule has 17 heavy (non-hydrogen) atoms. The normalized spacial score (nSPS) is 9.53. The first kappa shape index (κ1) is 13.4. The molecule has 0 saturated carbocycles.